The molecule has 3 aromatic carbocycles. The Morgan fingerprint density at radius 3 is 2.61 bits per heavy atom. The van der Waals surface area contributed by atoms with Crippen molar-refractivity contribution in [1.29, 1.82) is 0 Å². The molecule has 0 amide bonds. The highest BCUT2D eigenvalue weighted by Gasteiger charge is 2.19. The average molecular weight is 420 g/mol. The molecule has 0 aromatic heterocycles. The Bertz CT molecular complexity index is 1010. The van der Waals surface area contributed by atoms with Gasteiger partial charge in [-0.05, 0) is 29.3 Å². The lowest BCUT2D eigenvalue weighted by molar-refractivity contribution is 0.178. The SMILES string of the molecule is COc1ccc(CN2CCOc3ccc(C(O)Cc4ccccc4)cc3C2)c(OC)c1. The summed E-state index contributed by atoms with van der Waals surface area (Å²) in [6.07, 6.45) is 0.0406. The molecule has 0 saturated heterocycles. The molecule has 1 N–H and O–H groups in total. The molecule has 0 radical (unpaired) electrons. The molecule has 31 heavy (non-hydrogen) atoms. The van der Waals surface area contributed by atoms with Gasteiger partial charge in [-0.15, -0.1) is 0 Å². The number of benzene rings is 3. The summed E-state index contributed by atoms with van der Waals surface area (Å²) in [5, 5.41) is 10.8. The van der Waals surface area contributed by atoms with Crippen LogP contribution in [0.1, 0.15) is 28.4 Å². The van der Waals surface area contributed by atoms with Crippen molar-refractivity contribution in [2.75, 3.05) is 27.4 Å². The maximum Gasteiger partial charge on any atom is 0.127 e. The Balaban J connectivity index is 1.51. The molecule has 0 saturated carbocycles. The van der Waals surface area contributed by atoms with Crippen LogP contribution in [0.3, 0.4) is 0 Å². The van der Waals surface area contributed by atoms with Gasteiger partial charge in [0.1, 0.15) is 23.9 Å². The van der Waals surface area contributed by atoms with Crippen molar-refractivity contribution in [3.05, 3.63) is 89.0 Å². The normalized spacial score (nSPS) is 14.8. The molecule has 3 aromatic rings. The van der Waals surface area contributed by atoms with Gasteiger partial charge in [0.15, 0.2) is 0 Å². The van der Waals surface area contributed by atoms with Crippen LogP contribution in [0.25, 0.3) is 0 Å². The van der Waals surface area contributed by atoms with Crippen LogP contribution >= 0.6 is 0 Å². The zero-order valence-electron chi connectivity index (χ0n) is 18.1. The zero-order chi connectivity index (χ0) is 21.6. The van der Waals surface area contributed by atoms with E-state index >= 15 is 0 Å². The second kappa shape index (κ2) is 9.86. The monoisotopic (exact) mass is 419 g/mol. The molecule has 1 heterocycles. The number of aliphatic hydroxyl groups is 1. The van der Waals surface area contributed by atoms with E-state index in [2.05, 4.69) is 11.0 Å². The van der Waals surface area contributed by atoms with Gasteiger partial charge >= 0.3 is 0 Å². The molecule has 1 aliphatic rings. The summed E-state index contributed by atoms with van der Waals surface area (Å²) >= 11 is 0. The van der Waals surface area contributed by atoms with E-state index in [1.807, 2.05) is 60.7 Å². The minimum absolute atomic E-state index is 0.550. The highest BCUT2D eigenvalue weighted by molar-refractivity contribution is 5.42. The van der Waals surface area contributed by atoms with Crippen LogP contribution in [-0.4, -0.2) is 37.4 Å². The lowest BCUT2D eigenvalue weighted by Gasteiger charge is -2.21. The van der Waals surface area contributed by atoms with E-state index in [9.17, 15) is 5.11 Å². The fourth-order valence-electron chi connectivity index (χ4n) is 3.99. The maximum absolute atomic E-state index is 10.8. The van der Waals surface area contributed by atoms with Crippen molar-refractivity contribution in [2.45, 2.75) is 25.6 Å². The second-order valence-electron chi connectivity index (χ2n) is 7.81. The second-order valence-corrected chi connectivity index (χ2v) is 7.81. The number of fused-ring (bicyclic) bond motifs is 1. The van der Waals surface area contributed by atoms with Crippen LogP contribution in [0.2, 0.25) is 0 Å². The van der Waals surface area contributed by atoms with Crippen LogP contribution in [0.15, 0.2) is 66.7 Å². The summed E-state index contributed by atoms with van der Waals surface area (Å²) < 4.78 is 16.9. The topological polar surface area (TPSA) is 51.2 Å². The highest BCUT2D eigenvalue weighted by atomic mass is 16.5. The first-order chi connectivity index (χ1) is 15.2. The van der Waals surface area contributed by atoms with Crippen LogP contribution in [0, 0.1) is 0 Å². The summed E-state index contributed by atoms with van der Waals surface area (Å²) in [5.74, 6) is 2.49. The Kier molecular flexibility index (Phi) is 6.75. The van der Waals surface area contributed by atoms with Crippen molar-refractivity contribution in [1.82, 2.24) is 4.90 Å². The Morgan fingerprint density at radius 1 is 1.00 bits per heavy atom. The van der Waals surface area contributed by atoms with Gasteiger partial charge < -0.3 is 19.3 Å². The van der Waals surface area contributed by atoms with Crippen LogP contribution in [0.5, 0.6) is 17.2 Å². The Morgan fingerprint density at radius 2 is 1.84 bits per heavy atom. The third kappa shape index (κ3) is 5.19. The van der Waals surface area contributed by atoms with Crippen molar-refractivity contribution < 1.29 is 19.3 Å². The van der Waals surface area contributed by atoms with E-state index < -0.39 is 6.10 Å². The summed E-state index contributed by atoms with van der Waals surface area (Å²) in [4.78, 5) is 2.34. The van der Waals surface area contributed by atoms with Gasteiger partial charge in [0.25, 0.3) is 0 Å². The fourth-order valence-corrected chi connectivity index (χ4v) is 3.99. The first kappa shape index (κ1) is 21.2. The molecule has 1 unspecified atom stereocenters. The average Bonchev–Trinajstić information content (AvgIpc) is 3.01. The molecule has 0 aliphatic carbocycles. The molecule has 1 atom stereocenters. The first-order valence-corrected chi connectivity index (χ1v) is 10.6. The largest absolute Gasteiger partial charge is 0.497 e. The molecule has 4 rings (SSSR count). The number of aliphatic hydroxyl groups excluding tert-OH is 1. The van der Waals surface area contributed by atoms with Gasteiger partial charge in [-0.2, -0.15) is 0 Å². The van der Waals surface area contributed by atoms with Gasteiger partial charge in [0.05, 0.1) is 20.3 Å². The van der Waals surface area contributed by atoms with E-state index in [0.717, 1.165) is 59.1 Å². The molecule has 5 nitrogen and oxygen atoms in total. The van der Waals surface area contributed by atoms with E-state index in [1.165, 1.54) is 0 Å². The van der Waals surface area contributed by atoms with Gasteiger partial charge in [-0.25, -0.2) is 0 Å². The first-order valence-electron chi connectivity index (χ1n) is 10.6. The number of hydrogen-bond donors (Lipinski definition) is 1. The number of hydrogen-bond acceptors (Lipinski definition) is 5. The zero-order valence-corrected chi connectivity index (χ0v) is 18.1. The smallest absolute Gasteiger partial charge is 0.127 e. The predicted octanol–water partition coefficient (Wildman–Crippen LogP) is 4.37. The van der Waals surface area contributed by atoms with Gasteiger partial charge in [0.2, 0.25) is 0 Å². The molecule has 1 aliphatic heterocycles. The molecular weight excluding hydrogens is 390 g/mol. The molecule has 162 valence electrons. The van der Waals surface area contributed by atoms with E-state index in [-0.39, 0.29) is 0 Å². The number of ether oxygens (including phenoxy) is 3. The van der Waals surface area contributed by atoms with Crippen molar-refractivity contribution in [2.24, 2.45) is 0 Å². The quantitative estimate of drug-likeness (QED) is 0.616. The number of nitrogens with zero attached hydrogens (tertiary/aromatic N) is 1. The number of methoxy groups -OCH3 is 2. The van der Waals surface area contributed by atoms with Gasteiger partial charge in [0, 0.05) is 43.2 Å². The fraction of sp³-hybridized carbons (Fsp3) is 0.308. The Hall–Kier alpha value is -3.02. The maximum atomic E-state index is 10.8. The van der Waals surface area contributed by atoms with Gasteiger partial charge in [-0.3, -0.25) is 4.90 Å². The minimum atomic E-state index is -0.550. The third-order valence-electron chi connectivity index (χ3n) is 5.69. The van der Waals surface area contributed by atoms with Gasteiger partial charge in [-0.1, -0.05) is 42.5 Å². The van der Waals surface area contributed by atoms with Crippen LogP contribution in [-0.2, 0) is 19.5 Å². The van der Waals surface area contributed by atoms with Crippen LogP contribution < -0.4 is 14.2 Å². The van der Waals surface area contributed by atoms with E-state index in [4.69, 9.17) is 14.2 Å². The molecule has 0 spiro atoms. The molecule has 5 heteroatoms. The predicted molar refractivity (Wildman–Crippen MR) is 121 cm³/mol. The van der Waals surface area contributed by atoms with Crippen molar-refractivity contribution in [3.8, 4) is 17.2 Å². The number of rotatable bonds is 7. The molecular formula is C26H29NO4. The van der Waals surface area contributed by atoms with E-state index in [1.54, 1.807) is 14.2 Å². The molecule has 0 bridgehead atoms. The van der Waals surface area contributed by atoms with Crippen molar-refractivity contribution in [3.63, 3.8) is 0 Å². The lowest BCUT2D eigenvalue weighted by Crippen LogP contribution is -2.25. The lowest BCUT2D eigenvalue weighted by atomic mass is 9.99. The standard InChI is InChI=1S/C26H29NO4/c1-29-23-10-8-21(26(16-23)30-2)17-27-12-13-31-25-11-9-20(15-22(25)18-27)24(28)14-19-6-4-3-5-7-19/h3-11,15-16,24,28H,12-14,17-18H2,1-2H3. The van der Waals surface area contributed by atoms with Crippen LogP contribution in [0.4, 0.5) is 0 Å². The van der Waals surface area contributed by atoms with E-state index in [0.29, 0.717) is 13.0 Å². The van der Waals surface area contributed by atoms with Crippen molar-refractivity contribution >= 4 is 0 Å². The summed E-state index contributed by atoms with van der Waals surface area (Å²) in [6.45, 7) is 2.92. The third-order valence-corrected chi connectivity index (χ3v) is 5.69. The highest BCUT2D eigenvalue weighted by Crippen LogP contribution is 2.30. The minimum Gasteiger partial charge on any atom is -0.497 e. The summed E-state index contributed by atoms with van der Waals surface area (Å²) in [7, 11) is 3.33. The summed E-state index contributed by atoms with van der Waals surface area (Å²) in [5.41, 5.74) is 4.23. The molecule has 0 fully saturated rings. The summed E-state index contributed by atoms with van der Waals surface area (Å²) in [6, 6.07) is 22.0. The Labute approximate surface area is 183 Å².